The Hall–Kier alpha value is -2.64. The maximum Gasteiger partial charge on any atom is 0.222 e. The van der Waals surface area contributed by atoms with E-state index in [4.69, 9.17) is 4.74 Å². The number of carbonyl (C=O) groups excluding carboxylic acids is 1. The van der Waals surface area contributed by atoms with Crippen LogP contribution in [0.25, 0.3) is 0 Å². The van der Waals surface area contributed by atoms with Crippen LogP contribution in [0, 0.1) is 11.8 Å². The molecule has 0 aliphatic carbocycles. The number of aromatic nitrogens is 1. The van der Waals surface area contributed by atoms with E-state index < -0.39 is 0 Å². The second-order valence-electron chi connectivity index (χ2n) is 11.5. The second kappa shape index (κ2) is 12.9. The zero-order valence-electron chi connectivity index (χ0n) is 23.3. The second-order valence-corrected chi connectivity index (χ2v) is 11.5. The minimum atomic E-state index is 0.362. The van der Waals surface area contributed by atoms with Gasteiger partial charge in [-0.3, -0.25) is 19.6 Å². The molecule has 3 saturated heterocycles. The van der Waals surface area contributed by atoms with Gasteiger partial charge in [0.2, 0.25) is 5.91 Å². The maximum atomic E-state index is 13.1. The summed E-state index contributed by atoms with van der Waals surface area (Å²) >= 11 is 0. The zero-order chi connectivity index (χ0) is 26.3. The molecule has 7 nitrogen and oxygen atoms in total. The number of nitrogens with zero attached hydrogens (tertiary/aromatic N) is 5. The standard InChI is InChI=1S/C31H45N5O2/c1-25-11-16-36(17-12-25)31(37)10-9-27-24-33(23-26-6-5-14-32-22-26)15-13-28(27)34-18-20-35(21-19-34)29-7-3-4-8-30(29)38-2/h3-8,14,22,25,27-28H,9-13,15-21,23-24H2,1-2H3/t27-,28+/m1/s1. The van der Waals surface area contributed by atoms with Crippen molar-refractivity contribution in [2.75, 3.05) is 64.4 Å². The van der Waals surface area contributed by atoms with Crippen LogP contribution >= 0.6 is 0 Å². The predicted molar refractivity (Wildman–Crippen MR) is 152 cm³/mol. The van der Waals surface area contributed by atoms with Gasteiger partial charge in [0.15, 0.2) is 0 Å². The summed E-state index contributed by atoms with van der Waals surface area (Å²) in [7, 11) is 1.75. The van der Waals surface area contributed by atoms with Crippen LogP contribution in [0.1, 0.15) is 44.6 Å². The minimum Gasteiger partial charge on any atom is -0.495 e. The van der Waals surface area contributed by atoms with E-state index in [1.54, 1.807) is 7.11 Å². The number of hydrogen-bond donors (Lipinski definition) is 0. The Kier molecular flexibility index (Phi) is 9.18. The smallest absolute Gasteiger partial charge is 0.222 e. The Morgan fingerprint density at radius 1 is 0.974 bits per heavy atom. The number of carbonyl (C=O) groups is 1. The lowest BCUT2D eigenvalue weighted by atomic mass is 9.86. The van der Waals surface area contributed by atoms with Gasteiger partial charge in [0.25, 0.3) is 0 Å². The number of para-hydroxylation sites is 2. The number of anilines is 1. The molecule has 3 aliphatic rings. The Morgan fingerprint density at radius 3 is 2.50 bits per heavy atom. The Bertz CT molecular complexity index is 1020. The van der Waals surface area contributed by atoms with Crippen LogP contribution in [0.2, 0.25) is 0 Å². The number of hydrogen-bond acceptors (Lipinski definition) is 6. The van der Waals surface area contributed by atoms with Gasteiger partial charge in [-0.25, -0.2) is 0 Å². The molecule has 3 fully saturated rings. The predicted octanol–water partition coefficient (Wildman–Crippen LogP) is 4.14. The minimum absolute atomic E-state index is 0.362. The van der Waals surface area contributed by atoms with E-state index in [-0.39, 0.29) is 0 Å². The van der Waals surface area contributed by atoms with E-state index in [0.29, 0.717) is 24.3 Å². The number of piperazine rings is 1. The molecule has 3 aliphatic heterocycles. The lowest BCUT2D eigenvalue weighted by Gasteiger charge is -2.47. The highest BCUT2D eigenvalue weighted by Gasteiger charge is 2.35. The summed E-state index contributed by atoms with van der Waals surface area (Å²) in [6.45, 7) is 11.4. The van der Waals surface area contributed by atoms with Gasteiger partial charge in [-0.15, -0.1) is 0 Å². The summed E-state index contributed by atoms with van der Waals surface area (Å²) in [4.78, 5) is 27.3. The van der Waals surface area contributed by atoms with Crippen molar-refractivity contribution in [3.05, 3.63) is 54.4 Å². The molecule has 7 heteroatoms. The molecule has 5 rings (SSSR count). The summed E-state index contributed by atoms with van der Waals surface area (Å²) in [5.74, 6) is 2.57. The maximum absolute atomic E-state index is 13.1. The number of ether oxygens (including phenoxy) is 1. The third-order valence-electron chi connectivity index (χ3n) is 8.98. The molecule has 38 heavy (non-hydrogen) atoms. The largest absolute Gasteiger partial charge is 0.495 e. The number of piperidine rings is 2. The van der Waals surface area contributed by atoms with Crippen molar-refractivity contribution in [1.29, 1.82) is 0 Å². The number of methoxy groups -OCH3 is 1. The Balaban J connectivity index is 1.22. The van der Waals surface area contributed by atoms with Crippen molar-refractivity contribution in [3.63, 3.8) is 0 Å². The van der Waals surface area contributed by atoms with Crippen LogP contribution in [0.3, 0.4) is 0 Å². The number of rotatable bonds is 8. The van der Waals surface area contributed by atoms with Crippen LogP contribution < -0.4 is 9.64 Å². The summed E-state index contributed by atoms with van der Waals surface area (Å²) < 4.78 is 5.63. The molecule has 0 bridgehead atoms. The molecule has 0 saturated carbocycles. The number of benzene rings is 1. The van der Waals surface area contributed by atoms with E-state index >= 15 is 0 Å². The topological polar surface area (TPSA) is 52.2 Å². The Labute approximate surface area is 228 Å². The first-order valence-corrected chi connectivity index (χ1v) is 14.6. The van der Waals surface area contributed by atoms with Gasteiger partial charge in [0.1, 0.15) is 5.75 Å². The van der Waals surface area contributed by atoms with Crippen molar-refractivity contribution in [2.24, 2.45) is 11.8 Å². The van der Waals surface area contributed by atoms with E-state index in [1.807, 2.05) is 24.5 Å². The monoisotopic (exact) mass is 519 g/mol. The van der Waals surface area contributed by atoms with Crippen LogP contribution in [0.5, 0.6) is 5.75 Å². The summed E-state index contributed by atoms with van der Waals surface area (Å²) in [6, 6.07) is 13.1. The van der Waals surface area contributed by atoms with Crippen LogP contribution in [-0.2, 0) is 11.3 Å². The first kappa shape index (κ1) is 26.9. The van der Waals surface area contributed by atoms with Gasteiger partial charge in [0.05, 0.1) is 12.8 Å². The third kappa shape index (κ3) is 6.67. The van der Waals surface area contributed by atoms with Gasteiger partial charge in [0, 0.05) is 77.2 Å². The van der Waals surface area contributed by atoms with Crippen molar-refractivity contribution in [3.8, 4) is 5.75 Å². The van der Waals surface area contributed by atoms with Crippen molar-refractivity contribution < 1.29 is 9.53 Å². The van der Waals surface area contributed by atoms with E-state index in [1.165, 1.54) is 11.3 Å². The average molecular weight is 520 g/mol. The van der Waals surface area contributed by atoms with Crippen LogP contribution in [0.4, 0.5) is 5.69 Å². The molecular weight excluding hydrogens is 474 g/mol. The molecule has 2 atom stereocenters. The third-order valence-corrected chi connectivity index (χ3v) is 8.98. The molecular formula is C31H45N5O2. The van der Waals surface area contributed by atoms with Crippen molar-refractivity contribution in [2.45, 2.75) is 51.6 Å². The Morgan fingerprint density at radius 2 is 1.76 bits per heavy atom. The average Bonchev–Trinajstić information content (AvgIpc) is 2.97. The summed E-state index contributed by atoms with van der Waals surface area (Å²) in [5, 5.41) is 0. The SMILES string of the molecule is COc1ccccc1N1CCN([C@H]2CCN(Cc3cccnc3)C[C@H]2CCC(=O)N2CCC(C)CC2)CC1. The lowest BCUT2D eigenvalue weighted by molar-refractivity contribution is -0.133. The fourth-order valence-electron chi connectivity index (χ4n) is 6.66. The molecule has 0 spiro atoms. The van der Waals surface area contributed by atoms with Gasteiger partial charge >= 0.3 is 0 Å². The highest BCUT2D eigenvalue weighted by molar-refractivity contribution is 5.76. The molecule has 1 amide bonds. The van der Waals surface area contributed by atoms with E-state index in [0.717, 1.165) is 96.3 Å². The zero-order valence-corrected chi connectivity index (χ0v) is 23.3. The highest BCUT2D eigenvalue weighted by Crippen LogP contribution is 2.32. The van der Waals surface area contributed by atoms with Crippen molar-refractivity contribution >= 4 is 11.6 Å². The molecule has 206 valence electrons. The quantitative estimate of drug-likeness (QED) is 0.523. The van der Waals surface area contributed by atoms with Gasteiger partial charge in [-0.1, -0.05) is 25.1 Å². The fourth-order valence-corrected chi connectivity index (χ4v) is 6.66. The van der Waals surface area contributed by atoms with Crippen LogP contribution in [-0.4, -0.2) is 91.1 Å². The van der Waals surface area contributed by atoms with E-state index in [2.05, 4.69) is 55.8 Å². The van der Waals surface area contributed by atoms with Crippen LogP contribution in [0.15, 0.2) is 48.8 Å². The molecule has 1 aromatic heterocycles. The lowest BCUT2D eigenvalue weighted by Crippen LogP contribution is -2.56. The fraction of sp³-hybridized carbons (Fsp3) is 0.613. The highest BCUT2D eigenvalue weighted by atomic mass is 16.5. The number of likely N-dealkylation sites (tertiary alicyclic amines) is 2. The van der Waals surface area contributed by atoms with Crippen molar-refractivity contribution in [1.82, 2.24) is 19.7 Å². The van der Waals surface area contributed by atoms with E-state index in [9.17, 15) is 4.79 Å². The summed E-state index contributed by atoms with van der Waals surface area (Å²) in [6.07, 6.45) is 8.94. The molecule has 0 unspecified atom stereocenters. The molecule has 4 heterocycles. The first-order valence-electron chi connectivity index (χ1n) is 14.6. The molecule has 1 aromatic carbocycles. The van der Waals surface area contributed by atoms with Gasteiger partial charge < -0.3 is 14.5 Å². The number of pyridine rings is 1. The molecule has 0 N–H and O–H groups in total. The first-order chi connectivity index (χ1) is 18.6. The number of amides is 1. The molecule has 0 radical (unpaired) electrons. The van der Waals surface area contributed by atoms with Gasteiger partial charge in [-0.2, -0.15) is 0 Å². The molecule has 2 aromatic rings. The van der Waals surface area contributed by atoms with Gasteiger partial charge in [-0.05, 0) is 67.8 Å². The summed E-state index contributed by atoms with van der Waals surface area (Å²) in [5.41, 5.74) is 2.47. The normalized spacial score (nSPS) is 23.9.